The van der Waals surface area contributed by atoms with Crippen LogP contribution in [-0.4, -0.2) is 24.0 Å². The fraction of sp³-hybridized carbons (Fsp3) is 0.211. The summed E-state index contributed by atoms with van der Waals surface area (Å²) in [6, 6.07) is 15.3. The van der Waals surface area contributed by atoms with E-state index >= 15 is 0 Å². The lowest BCUT2D eigenvalue weighted by atomic mass is 10.1. The smallest absolute Gasteiger partial charge is 0.223 e. The highest BCUT2D eigenvalue weighted by Crippen LogP contribution is 2.22. The molecule has 0 fully saturated rings. The maximum absolute atomic E-state index is 11.9. The van der Waals surface area contributed by atoms with E-state index in [1.807, 2.05) is 54.7 Å². The van der Waals surface area contributed by atoms with Gasteiger partial charge < -0.3 is 15.0 Å². The third kappa shape index (κ3) is 4.30. The molecule has 0 aliphatic carbocycles. The van der Waals surface area contributed by atoms with Crippen molar-refractivity contribution in [3.05, 3.63) is 65.3 Å². The molecule has 0 saturated carbocycles. The van der Waals surface area contributed by atoms with Crippen LogP contribution in [0.25, 0.3) is 10.9 Å². The van der Waals surface area contributed by atoms with E-state index in [0.717, 1.165) is 23.1 Å². The molecule has 0 bridgehead atoms. The molecule has 24 heavy (non-hydrogen) atoms. The Kier molecular flexibility index (Phi) is 5.39. The van der Waals surface area contributed by atoms with Gasteiger partial charge in [0.2, 0.25) is 5.91 Å². The van der Waals surface area contributed by atoms with E-state index in [0.29, 0.717) is 24.6 Å². The van der Waals surface area contributed by atoms with Gasteiger partial charge in [0, 0.05) is 28.7 Å². The summed E-state index contributed by atoms with van der Waals surface area (Å²) < 4.78 is 5.52. The molecule has 2 N–H and O–H groups in total. The molecule has 1 aromatic heterocycles. The Bertz CT molecular complexity index is 815. The van der Waals surface area contributed by atoms with E-state index in [1.54, 1.807) is 0 Å². The number of aromatic nitrogens is 1. The third-order valence-corrected chi connectivity index (χ3v) is 4.02. The number of benzene rings is 2. The molecule has 4 nitrogen and oxygen atoms in total. The number of hydrogen-bond donors (Lipinski definition) is 2. The first-order chi connectivity index (χ1) is 11.7. The second kappa shape index (κ2) is 7.88. The monoisotopic (exact) mass is 342 g/mol. The quantitative estimate of drug-likeness (QED) is 0.683. The molecule has 0 spiro atoms. The normalized spacial score (nSPS) is 10.7. The van der Waals surface area contributed by atoms with E-state index in [4.69, 9.17) is 16.3 Å². The number of fused-ring (bicyclic) bond motifs is 1. The van der Waals surface area contributed by atoms with Crippen LogP contribution in [0.3, 0.4) is 0 Å². The highest BCUT2D eigenvalue weighted by Gasteiger charge is 2.06. The number of ether oxygens (including phenoxy) is 1. The van der Waals surface area contributed by atoms with Gasteiger partial charge in [-0.15, -0.1) is 0 Å². The van der Waals surface area contributed by atoms with E-state index in [9.17, 15) is 4.79 Å². The number of halogens is 1. The first kappa shape index (κ1) is 16.4. The zero-order chi connectivity index (χ0) is 16.8. The highest BCUT2D eigenvalue weighted by molar-refractivity contribution is 6.31. The van der Waals surface area contributed by atoms with E-state index in [1.165, 1.54) is 5.56 Å². The predicted molar refractivity (Wildman–Crippen MR) is 96.6 cm³/mol. The summed E-state index contributed by atoms with van der Waals surface area (Å²) in [5.41, 5.74) is 2.18. The molecule has 3 rings (SSSR count). The summed E-state index contributed by atoms with van der Waals surface area (Å²) in [6.45, 7) is 0.973. The Morgan fingerprint density at radius 2 is 2.00 bits per heavy atom. The van der Waals surface area contributed by atoms with Gasteiger partial charge in [0.1, 0.15) is 5.75 Å². The molecular weight excluding hydrogens is 324 g/mol. The van der Waals surface area contributed by atoms with Gasteiger partial charge in [-0.1, -0.05) is 35.9 Å². The molecule has 0 aliphatic heterocycles. The summed E-state index contributed by atoms with van der Waals surface area (Å²) in [5, 5.41) is 4.78. The molecule has 0 radical (unpaired) electrons. The molecule has 0 unspecified atom stereocenters. The average Bonchev–Trinajstić information content (AvgIpc) is 2.98. The van der Waals surface area contributed by atoms with Gasteiger partial charge >= 0.3 is 0 Å². The third-order valence-electron chi connectivity index (χ3n) is 3.79. The van der Waals surface area contributed by atoms with Gasteiger partial charge in [-0.3, -0.25) is 4.79 Å². The molecule has 124 valence electrons. The van der Waals surface area contributed by atoms with Crippen LogP contribution in [0.2, 0.25) is 5.02 Å². The Hall–Kier alpha value is -2.46. The second-order valence-electron chi connectivity index (χ2n) is 5.52. The van der Waals surface area contributed by atoms with Crippen LogP contribution in [-0.2, 0) is 11.2 Å². The number of H-pyrrole nitrogens is 1. The van der Waals surface area contributed by atoms with Crippen LogP contribution in [0.5, 0.6) is 5.75 Å². The number of rotatable bonds is 7. The molecule has 5 heteroatoms. The number of aromatic amines is 1. The number of para-hydroxylation sites is 1. The molecule has 0 atom stereocenters. The summed E-state index contributed by atoms with van der Waals surface area (Å²) in [4.78, 5) is 15.1. The van der Waals surface area contributed by atoms with Crippen molar-refractivity contribution < 1.29 is 9.53 Å². The van der Waals surface area contributed by atoms with Crippen LogP contribution in [0.15, 0.2) is 54.7 Å². The number of nitrogens with one attached hydrogen (secondary N) is 2. The minimum atomic E-state index is -0.00573. The van der Waals surface area contributed by atoms with Crippen molar-refractivity contribution in [2.24, 2.45) is 0 Å². The molecule has 0 saturated heterocycles. The van der Waals surface area contributed by atoms with Crippen molar-refractivity contribution in [1.82, 2.24) is 10.3 Å². The van der Waals surface area contributed by atoms with E-state index < -0.39 is 0 Å². The lowest BCUT2D eigenvalue weighted by Crippen LogP contribution is -2.26. The maximum atomic E-state index is 11.9. The molecule has 2 aromatic carbocycles. The van der Waals surface area contributed by atoms with Gasteiger partial charge in [-0.05, 0) is 36.2 Å². The minimum absolute atomic E-state index is 0.00573. The summed E-state index contributed by atoms with van der Waals surface area (Å²) in [7, 11) is 0. The second-order valence-corrected chi connectivity index (χ2v) is 5.95. The first-order valence-electron chi connectivity index (χ1n) is 7.92. The van der Waals surface area contributed by atoms with Crippen LogP contribution < -0.4 is 10.1 Å². The fourth-order valence-electron chi connectivity index (χ4n) is 2.57. The van der Waals surface area contributed by atoms with Crippen LogP contribution in [0.4, 0.5) is 0 Å². The number of carbonyl (C=O) groups is 1. The minimum Gasteiger partial charge on any atom is -0.493 e. The Labute approximate surface area is 145 Å². The maximum Gasteiger partial charge on any atom is 0.223 e. The predicted octanol–water partition coefficient (Wildman–Crippen LogP) is 3.95. The Morgan fingerprint density at radius 1 is 1.17 bits per heavy atom. The standard InChI is InChI=1S/C19H19ClN2O2/c20-15-6-7-17-14(13-22-18(17)12-15)8-10-21-19(23)9-11-24-16-4-2-1-3-5-16/h1-7,12-13,22H,8-11H2,(H,21,23). The average molecular weight is 343 g/mol. The van der Waals surface area contributed by atoms with Crippen LogP contribution in [0.1, 0.15) is 12.0 Å². The zero-order valence-electron chi connectivity index (χ0n) is 13.2. The number of carbonyl (C=O) groups excluding carboxylic acids is 1. The van der Waals surface area contributed by atoms with Gasteiger partial charge in [0.15, 0.2) is 0 Å². The molecular formula is C19H19ClN2O2. The SMILES string of the molecule is O=C(CCOc1ccccc1)NCCc1c[nH]c2cc(Cl)ccc12. The topological polar surface area (TPSA) is 54.1 Å². The van der Waals surface area contributed by atoms with Crippen molar-refractivity contribution in [3.8, 4) is 5.75 Å². The lowest BCUT2D eigenvalue weighted by Gasteiger charge is -2.07. The largest absolute Gasteiger partial charge is 0.493 e. The van der Waals surface area contributed by atoms with Crippen molar-refractivity contribution in [3.63, 3.8) is 0 Å². The lowest BCUT2D eigenvalue weighted by molar-refractivity contribution is -0.121. The molecule has 0 aliphatic rings. The van der Waals surface area contributed by atoms with Gasteiger partial charge in [-0.2, -0.15) is 0 Å². The number of amides is 1. The summed E-state index contributed by atoms with van der Waals surface area (Å²) in [6.07, 6.45) is 3.08. The number of hydrogen-bond acceptors (Lipinski definition) is 2. The Morgan fingerprint density at radius 3 is 2.83 bits per heavy atom. The zero-order valence-corrected chi connectivity index (χ0v) is 14.0. The first-order valence-corrected chi connectivity index (χ1v) is 8.30. The van der Waals surface area contributed by atoms with Crippen molar-refractivity contribution in [2.75, 3.05) is 13.2 Å². The van der Waals surface area contributed by atoms with Gasteiger partial charge in [0.25, 0.3) is 0 Å². The Balaban J connectivity index is 1.41. The van der Waals surface area contributed by atoms with Crippen molar-refractivity contribution in [2.45, 2.75) is 12.8 Å². The molecule has 1 amide bonds. The fourth-order valence-corrected chi connectivity index (χ4v) is 2.74. The van der Waals surface area contributed by atoms with Crippen molar-refractivity contribution >= 4 is 28.4 Å². The van der Waals surface area contributed by atoms with Crippen LogP contribution in [0, 0.1) is 0 Å². The van der Waals surface area contributed by atoms with Crippen molar-refractivity contribution in [1.29, 1.82) is 0 Å². The summed E-state index contributed by atoms with van der Waals surface area (Å²) >= 11 is 5.98. The molecule has 1 heterocycles. The highest BCUT2D eigenvalue weighted by atomic mass is 35.5. The van der Waals surface area contributed by atoms with Gasteiger partial charge in [-0.25, -0.2) is 0 Å². The van der Waals surface area contributed by atoms with Crippen LogP contribution >= 0.6 is 11.6 Å². The van der Waals surface area contributed by atoms with Gasteiger partial charge in [0.05, 0.1) is 13.0 Å². The van der Waals surface area contributed by atoms with E-state index in [-0.39, 0.29) is 5.91 Å². The summed E-state index contributed by atoms with van der Waals surface area (Å²) in [5.74, 6) is 0.775. The molecule has 3 aromatic rings. The van der Waals surface area contributed by atoms with E-state index in [2.05, 4.69) is 10.3 Å².